The van der Waals surface area contributed by atoms with Crippen LogP contribution in [0.15, 0.2) is 48.5 Å². The summed E-state index contributed by atoms with van der Waals surface area (Å²) in [5, 5.41) is 8.60. The normalized spacial score (nSPS) is 10.7. The van der Waals surface area contributed by atoms with Crippen LogP contribution < -0.4 is 4.74 Å². The Kier molecular flexibility index (Phi) is 4.15. The van der Waals surface area contributed by atoms with Crippen LogP contribution in [0.25, 0.3) is 17.2 Å². The zero-order valence-electron chi connectivity index (χ0n) is 10.8. The van der Waals surface area contributed by atoms with Crippen molar-refractivity contribution in [3.05, 3.63) is 59.9 Å². The van der Waals surface area contributed by atoms with Gasteiger partial charge in [-0.1, -0.05) is 12.1 Å². The minimum Gasteiger partial charge on any atom is -0.497 e. The standard InChI is InChI=1S/C16H13FO3/c1-20-15-4-2-3-12(10-15)13-7-11(5-6-16(18)19)8-14(17)9-13/h2-10H,1H3,(H,18,19). The van der Waals surface area contributed by atoms with E-state index in [1.807, 2.05) is 12.1 Å². The molecule has 4 heteroatoms. The largest absolute Gasteiger partial charge is 0.497 e. The molecule has 0 saturated carbocycles. The first-order chi connectivity index (χ1) is 9.58. The van der Waals surface area contributed by atoms with Crippen molar-refractivity contribution in [2.24, 2.45) is 0 Å². The molecule has 0 aliphatic carbocycles. The highest BCUT2D eigenvalue weighted by Gasteiger charge is 2.03. The Labute approximate surface area is 115 Å². The SMILES string of the molecule is COc1cccc(-c2cc(F)cc(C=CC(=O)O)c2)c1. The molecule has 0 aromatic heterocycles. The van der Waals surface area contributed by atoms with Crippen molar-refractivity contribution in [2.75, 3.05) is 7.11 Å². The first-order valence-corrected chi connectivity index (χ1v) is 5.94. The lowest BCUT2D eigenvalue weighted by molar-refractivity contribution is -0.131. The van der Waals surface area contributed by atoms with Crippen LogP contribution in [-0.2, 0) is 4.79 Å². The van der Waals surface area contributed by atoms with Gasteiger partial charge in [-0.15, -0.1) is 0 Å². The van der Waals surface area contributed by atoms with Crippen LogP contribution >= 0.6 is 0 Å². The molecule has 102 valence electrons. The van der Waals surface area contributed by atoms with E-state index in [0.717, 1.165) is 11.6 Å². The average Bonchev–Trinajstić information content (AvgIpc) is 2.44. The highest BCUT2D eigenvalue weighted by atomic mass is 19.1. The van der Waals surface area contributed by atoms with Crippen molar-refractivity contribution < 1.29 is 19.0 Å². The van der Waals surface area contributed by atoms with Crippen molar-refractivity contribution in [3.8, 4) is 16.9 Å². The Bertz CT molecular complexity index is 663. The number of aliphatic carboxylic acids is 1. The van der Waals surface area contributed by atoms with E-state index in [2.05, 4.69) is 0 Å². The zero-order valence-corrected chi connectivity index (χ0v) is 10.8. The summed E-state index contributed by atoms with van der Waals surface area (Å²) >= 11 is 0. The summed E-state index contributed by atoms with van der Waals surface area (Å²) in [6.45, 7) is 0. The van der Waals surface area contributed by atoms with Crippen LogP contribution in [0.3, 0.4) is 0 Å². The molecule has 20 heavy (non-hydrogen) atoms. The third-order valence-corrected chi connectivity index (χ3v) is 2.74. The Balaban J connectivity index is 2.43. The molecule has 2 aromatic rings. The summed E-state index contributed by atoms with van der Waals surface area (Å²) in [6, 6.07) is 11.6. The van der Waals surface area contributed by atoms with Gasteiger partial charge in [0, 0.05) is 6.08 Å². The van der Waals surface area contributed by atoms with Crippen molar-refractivity contribution in [3.63, 3.8) is 0 Å². The fraction of sp³-hybridized carbons (Fsp3) is 0.0625. The molecule has 0 spiro atoms. The molecule has 0 heterocycles. The van der Waals surface area contributed by atoms with Gasteiger partial charge in [0.2, 0.25) is 0 Å². The van der Waals surface area contributed by atoms with Gasteiger partial charge in [-0.05, 0) is 53.1 Å². The number of carboxylic acid groups (broad SMARTS) is 1. The van der Waals surface area contributed by atoms with E-state index in [4.69, 9.17) is 9.84 Å². The van der Waals surface area contributed by atoms with E-state index >= 15 is 0 Å². The van der Waals surface area contributed by atoms with Gasteiger partial charge in [-0.2, -0.15) is 0 Å². The van der Waals surface area contributed by atoms with Crippen LogP contribution in [-0.4, -0.2) is 18.2 Å². The average molecular weight is 272 g/mol. The molecular formula is C16H13FO3. The van der Waals surface area contributed by atoms with E-state index in [1.54, 1.807) is 25.3 Å². The van der Waals surface area contributed by atoms with Crippen LogP contribution in [0.2, 0.25) is 0 Å². The fourth-order valence-electron chi connectivity index (χ4n) is 1.85. The van der Waals surface area contributed by atoms with E-state index in [1.165, 1.54) is 18.2 Å². The third kappa shape index (κ3) is 3.45. The smallest absolute Gasteiger partial charge is 0.328 e. The highest BCUT2D eigenvalue weighted by molar-refractivity contribution is 5.85. The number of carbonyl (C=O) groups is 1. The lowest BCUT2D eigenvalue weighted by Crippen LogP contribution is -1.88. The maximum absolute atomic E-state index is 13.6. The second-order valence-electron chi connectivity index (χ2n) is 4.18. The van der Waals surface area contributed by atoms with Crippen LogP contribution in [0.5, 0.6) is 5.75 Å². The minimum absolute atomic E-state index is 0.421. The van der Waals surface area contributed by atoms with Crippen molar-refractivity contribution in [2.45, 2.75) is 0 Å². The molecule has 0 aliphatic heterocycles. The summed E-state index contributed by atoms with van der Waals surface area (Å²) in [6.07, 6.45) is 2.33. The second kappa shape index (κ2) is 6.02. The molecule has 0 bridgehead atoms. The predicted molar refractivity (Wildman–Crippen MR) is 75.1 cm³/mol. The second-order valence-corrected chi connectivity index (χ2v) is 4.18. The van der Waals surface area contributed by atoms with E-state index in [-0.39, 0.29) is 0 Å². The molecule has 0 saturated heterocycles. The van der Waals surface area contributed by atoms with E-state index in [9.17, 15) is 9.18 Å². The number of halogens is 1. The molecule has 0 unspecified atom stereocenters. The molecule has 0 amide bonds. The Morgan fingerprint density at radius 3 is 2.70 bits per heavy atom. The number of hydrogen-bond donors (Lipinski definition) is 1. The van der Waals surface area contributed by atoms with Gasteiger partial charge < -0.3 is 9.84 Å². The highest BCUT2D eigenvalue weighted by Crippen LogP contribution is 2.26. The van der Waals surface area contributed by atoms with Crippen LogP contribution in [0, 0.1) is 5.82 Å². The molecule has 0 aliphatic rings. The maximum Gasteiger partial charge on any atom is 0.328 e. The zero-order chi connectivity index (χ0) is 14.5. The quantitative estimate of drug-likeness (QED) is 0.865. The fourth-order valence-corrected chi connectivity index (χ4v) is 1.85. The van der Waals surface area contributed by atoms with Crippen molar-refractivity contribution >= 4 is 12.0 Å². The molecular weight excluding hydrogens is 259 g/mol. The number of carboxylic acids is 1. The molecule has 3 nitrogen and oxygen atoms in total. The summed E-state index contributed by atoms with van der Waals surface area (Å²) in [4.78, 5) is 10.5. The van der Waals surface area contributed by atoms with Gasteiger partial charge in [0.1, 0.15) is 11.6 Å². The third-order valence-electron chi connectivity index (χ3n) is 2.74. The van der Waals surface area contributed by atoms with Crippen molar-refractivity contribution in [1.82, 2.24) is 0 Å². The molecule has 0 fully saturated rings. The Hall–Kier alpha value is -2.62. The molecule has 0 radical (unpaired) electrons. The molecule has 2 aromatic carbocycles. The van der Waals surface area contributed by atoms with Gasteiger partial charge in [-0.25, -0.2) is 9.18 Å². The van der Waals surface area contributed by atoms with Gasteiger partial charge in [0.25, 0.3) is 0 Å². The van der Waals surface area contributed by atoms with Crippen LogP contribution in [0.1, 0.15) is 5.56 Å². The number of methoxy groups -OCH3 is 1. The summed E-state index contributed by atoms with van der Waals surface area (Å²) in [7, 11) is 1.56. The molecule has 0 atom stereocenters. The lowest BCUT2D eigenvalue weighted by atomic mass is 10.0. The van der Waals surface area contributed by atoms with Gasteiger partial charge in [-0.3, -0.25) is 0 Å². The first kappa shape index (κ1) is 13.8. The van der Waals surface area contributed by atoms with E-state index < -0.39 is 11.8 Å². The number of ether oxygens (including phenoxy) is 1. The first-order valence-electron chi connectivity index (χ1n) is 5.94. The van der Waals surface area contributed by atoms with Crippen LogP contribution in [0.4, 0.5) is 4.39 Å². The number of benzene rings is 2. The van der Waals surface area contributed by atoms with Gasteiger partial charge >= 0.3 is 5.97 Å². The Morgan fingerprint density at radius 2 is 2.00 bits per heavy atom. The molecule has 2 rings (SSSR count). The summed E-state index contributed by atoms with van der Waals surface area (Å²) in [5.74, 6) is -0.818. The summed E-state index contributed by atoms with van der Waals surface area (Å²) < 4.78 is 18.7. The van der Waals surface area contributed by atoms with Gasteiger partial charge in [0.15, 0.2) is 0 Å². The minimum atomic E-state index is -1.07. The lowest BCUT2D eigenvalue weighted by Gasteiger charge is -2.06. The number of hydrogen-bond acceptors (Lipinski definition) is 2. The topological polar surface area (TPSA) is 46.5 Å². The van der Waals surface area contributed by atoms with Crippen molar-refractivity contribution in [1.29, 1.82) is 0 Å². The Morgan fingerprint density at radius 1 is 1.20 bits per heavy atom. The predicted octanol–water partition coefficient (Wildman–Crippen LogP) is 3.60. The monoisotopic (exact) mass is 272 g/mol. The van der Waals surface area contributed by atoms with Gasteiger partial charge in [0.05, 0.1) is 7.11 Å². The van der Waals surface area contributed by atoms with E-state index in [0.29, 0.717) is 16.9 Å². The maximum atomic E-state index is 13.6. The number of rotatable bonds is 4. The molecule has 1 N–H and O–H groups in total. The summed E-state index contributed by atoms with van der Waals surface area (Å²) in [5.41, 5.74) is 1.95.